The predicted molar refractivity (Wildman–Crippen MR) is 73.1 cm³/mol. The molecule has 0 aromatic heterocycles. The summed E-state index contributed by atoms with van der Waals surface area (Å²) in [5.74, 6) is 0.101. The summed E-state index contributed by atoms with van der Waals surface area (Å²) in [5.41, 5.74) is 0.762. The summed E-state index contributed by atoms with van der Waals surface area (Å²) in [6.07, 6.45) is 2.49. The molecule has 1 saturated heterocycles. The standard InChI is InChI=1S/C15H20N2O/c1-3-9-15(2)14(18)16-10-11-17(15)12-13-7-5-4-6-8-13/h3-8H,1,9-12H2,2H3,(H,16,18)/t15-/m0/s1. The number of hydrogen-bond acceptors (Lipinski definition) is 2. The smallest absolute Gasteiger partial charge is 0.240 e. The number of hydrogen-bond donors (Lipinski definition) is 1. The molecular weight excluding hydrogens is 224 g/mol. The van der Waals surface area contributed by atoms with Crippen LogP contribution in [0.3, 0.4) is 0 Å². The Bertz CT molecular complexity index is 429. The monoisotopic (exact) mass is 244 g/mol. The minimum Gasteiger partial charge on any atom is -0.353 e. The van der Waals surface area contributed by atoms with Crippen molar-refractivity contribution in [2.75, 3.05) is 13.1 Å². The Morgan fingerprint density at radius 3 is 2.83 bits per heavy atom. The first kappa shape index (κ1) is 12.8. The van der Waals surface area contributed by atoms with Gasteiger partial charge in [0.15, 0.2) is 0 Å². The Morgan fingerprint density at radius 2 is 2.17 bits per heavy atom. The number of piperazine rings is 1. The predicted octanol–water partition coefficient (Wildman–Crippen LogP) is 1.95. The molecular formula is C15H20N2O. The molecule has 0 radical (unpaired) electrons. The summed E-state index contributed by atoms with van der Waals surface area (Å²) in [5, 5.41) is 2.94. The van der Waals surface area contributed by atoms with E-state index in [9.17, 15) is 4.79 Å². The molecule has 0 spiro atoms. The van der Waals surface area contributed by atoms with Crippen LogP contribution in [0.5, 0.6) is 0 Å². The van der Waals surface area contributed by atoms with Crippen molar-refractivity contribution in [1.82, 2.24) is 10.2 Å². The lowest BCUT2D eigenvalue weighted by Gasteiger charge is -2.43. The highest BCUT2D eigenvalue weighted by Crippen LogP contribution is 2.25. The Morgan fingerprint density at radius 1 is 1.44 bits per heavy atom. The van der Waals surface area contributed by atoms with Crippen LogP contribution in [0, 0.1) is 0 Å². The third-order valence-corrected chi connectivity index (χ3v) is 3.61. The van der Waals surface area contributed by atoms with Crippen molar-refractivity contribution >= 4 is 5.91 Å². The van der Waals surface area contributed by atoms with Gasteiger partial charge in [-0.15, -0.1) is 6.58 Å². The van der Waals surface area contributed by atoms with E-state index in [1.807, 2.05) is 31.2 Å². The summed E-state index contributed by atoms with van der Waals surface area (Å²) in [6.45, 7) is 8.17. The second-order valence-electron chi connectivity index (χ2n) is 4.93. The summed E-state index contributed by atoms with van der Waals surface area (Å²) in [6, 6.07) is 10.3. The van der Waals surface area contributed by atoms with Crippen molar-refractivity contribution in [3.63, 3.8) is 0 Å². The molecule has 0 aliphatic carbocycles. The molecule has 3 heteroatoms. The zero-order valence-corrected chi connectivity index (χ0v) is 10.9. The van der Waals surface area contributed by atoms with E-state index in [4.69, 9.17) is 0 Å². The summed E-state index contributed by atoms with van der Waals surface area (Å²) >= 11 is 0. The number of carbonyl (C=O) groups excluding carboxylic acids is 1. The van der Waals surface area contributed by atoms with E-state index in [2.05, 4.69) is 28.9 Å². The van der Waals surface area contributed by atoms with Gasteiger partial charge in [-0.05, 0) is 18.9 Å². The van der Waals surface area contributed by atoms with Crippen LogP contribution >= 0.6 is 0 Å². The molecule has 1 heterocycles. The first-order valence-electron chi connectivity index (χ1n) is 6.35. The third-order valence-electron chi connectivity index (χ3n) is 3.61. The average Bonchev–Trinajstić information content (AvgIpc) is 2.37. The summed E-state index contributed by atoms with van der Waals surface area (Å²) in [7, 11) is 0. The molecule has 1 fully saturated rings. The second kappa shape index (κ2) is 5.36. The Hall–Kier alpha value is -1.61. The number of amides is 1. The average molecular weight is 244 g/mol. The van der Waals surface area contributed by atoms with Crippen molar-refractivity contribution in [3.8, 4) is 0 Å². The number of benzene rings is 1. The van der Waals surface area contributed by atoms with Gasteiger partial charge in [0.25, 0.3) is 0 Å². The fourth-order valence-corrected chi connectivity index (χ4v) is 2.45. The van der Waals surface area contributed by atoms with Gasteiger partial charge in [0, 0.05) is 19.6 Å². The fourth-order valence-electron chi connectivity index (χ4n) is 2.45. The van der Waals surface area contributed by atoms with Gasteiger partial charge in [0.1, 0.15) is 5.54 Å². The van der Waals surface area contributed by atoms with Crippen LogP contribution in [0.1, 0.15) is 18.9 Å². The second-order valence-corrected chi connectivity index (χ2v) is 4.93. The molecule has 1 aliphatic heterocycles. The van der Waals surface area contributed by atoms with Crippen LogP contribution < -0.4 is 5.32 Å². The van der Waals surface area contributed by atoms with Gasteiger partial charge in [-0.1, -0.05) is 36.4 Å². The Labute approximate surface area is 108 Å². The van der Waals surface area contributed by atoms with E-state index in [0.29, 0.717) is 6.42 Å². The molecule has 1 amide bonds. The molecule has 0 unspecified atom stereocenters. The van der Waals surface area contributed by atoms with Crippen LogP contribution in [0.15, 0.2) is 43.0 Å². The first-order chi connectivity index (χ1) is 8.66. The number of carbonyl (C=O) groups is 1. The zero-order valence-electron chi connectivity index (χ0n) is 10.9. The lowest BCUT2D eigenvalue weighted by Crippen LogP contribution is -2.62. The quantitative estimate of drug-likeness (QED) is 0.821. The van der Waals surface area contributed by atoms with Crippen molar-refractivity contribution in [2.45, 2.75) is 25.4 Å². The molecule has 1 aliphatic rings. The van der Waals surface area contributed by atoms with Gasteiger partial charge in [0.05, 0.1) is 0 Å². The number of nitrogens with zero attached hydrogens (tertiary/aromatic N) is 1. The van der Waals surface area contributed by atoms with E-state index < -0.39 is 5.54 Å². The minimum atomic E-state index is -0.476. The maximum Gasteiger partial charge on any atom is 0.240 e. The van der Waals surface area contributed by atoms with E-state index in [0.717, 1.165) is 19.6 Å². The maximum absolute atomic E-state index is 12.1. The van der Waals surface area contributed by atoms with E-state index in [-0.39, 0.29) is 5.91 Å². The molecule has 0 saturated carbocycles. The van der Waals surface area contributed by atoms with E-state index >= 15 is 0 Å². The van der Waals surface area contributed by atoms with Crippen molar-refractivity contribution in [1.29, 1.82) is 0 Å². The van der Waals surface area contributed by atoms with Crippen molar-refractivity contribution in [2.24, 2.45) is 0 Å². The molecule has 18 heavy (non-hydrogen) atoms. The van der Waals surface area contributed by atoms with Crippen LogP contribution in [-0.2, 0) is 11.3 Å². The van der Waals surface area contributed by atoms with Crippen LogP contribution in [0.25, 0.3) is 0 Å². The van der Waals surface area contributed by atoms with Crippen LogP contribution in [0.2, 0.25) is 0 Å². The normalized spacial score (nSPS) is 24.6. The highest BCUT2D eigenvalue weighted by molar-refractivity contribution is 5.86. The van der Waals surface area contributed by atoms with Crippen LogP contribution in [-0.4, -0.2) is 29.4 Å². The number of rotatable bonds is 4. The molecule has 1 aromatic carbocycles. The lowest BCUT2D eigenvalue weighted by atomic mass is 9.91. The molecule has 1 aromatic rings. The largest absolute Gasteiger partial charge is 0.353 e. The maximum atomic E-state index is 12.1. The zero-order chi connectivity index (χ0) is 13.0. The molecule has 1 atom stereocenters. The van der Waals surface area contributed by atoms with E-state index in [1.54, 1.807) is 0 Å². The van der Waals surface area contributed by atoms with Crippen molar-refractivity contribution < 1.29 is 4.79 Å². The highest BCUT2D eigenvalue weighted by Gasteiger charge is 2.40. The number of nitrogens with one attached hydrogen (secondary N) is 1. The van der Waals surface area contributed by atoms with Gasteiger partial charge in [-0.25, -0.2) is 0 Å². The van der Waals surface area contributed by atoms with Gasteiger partial charge in [-0.2, -0.15) is 0 Å². The summed E-state index contributed by atoms with van der Waals surface area (Å²) in [4.78, 5) is 14.3. The van der Waals surface area contributed by atoms with Gasteiger partial charge in [0.2, 0.25) is 5.91 Å². The first-order valence-corrected chi connectivity index (χ1v) is 6.35. The molecule has 3 nitrogen and oxygen atoms in total. The Kier molecular flexibility index (Phi) is 3.82. The van der Waals surface area contributed by atoms with Gasteiger partial charge >= 0.3 is 0 Å². The van der Waals surface area contributed by atoms with Gasteiger partial charge < -0.3 is 5.32 Å². The van der Waals surface area contributed by atoms with Crippen molar-refractivity contribution in [3.05, 3.63) is 48.6 Å². The van der Waals surface area contributed by atoms with E-state index in [1.165, 1.54) is 5.56 Å². The molecule has 0 bridgehead atoms. The third kappa shape index (κ3) is 2.46. The highest BCUT2D eigenvalue weighted by atomic mass is 16.2. The SMILES string of the molecule is C=CC[C@@]1(C)C(=O)NCCN1Cc1ccccc1. The topological polar surface area (TPSA) is 32.3 Å². The lowest BCUT2D eigenvalue weighted by molar-refractivity contribution is -0.136. The molecule has 2 rings (SSSR count). The molecule has 96 valence electrons. The summed E-state index contributed by atoms with van der Waals surface area (Å²) < 4.78 is 0. The Balaban J connectivity index is 2.18. The molecule has 1 N–H and O–H groups in total. The minimum absolute atomic E-state index is 0.101. The van der Waals surface area contributed by atoms with Crippen LogP contribution in [0.4, 0.5) is 0 Å². The van der Waals surface area contributed by atoms with Gasteiger partial charge in [-0.3, -0.25) is 9.69 Å². The fraction of sp³-hybridized carbons (Fsp3) is 0.400.